The molecule has 0 bridgehead atoms. The van der Waals surface area contributed by atoms with Gasteiger partial charge in [-0.3, -0.25) is 0 Å². The summed E-state index contributed by atoms with van der Waals surface area (Å²) in [6.45, 7) is 4.54. The summed E-state index contributed by atoms with van der Waals surface area (Å²) in [7, 11) is 2.20. The van der Waals surface area contributed by atoms with Crippen LogP contribution in [-0.4, -0.2) is 4.40 Å². The maximum atomic E-state index is 2.61. The van der Waals surface area contributed by atoms with Crippen molar-refractivity contribution in [3.63, 3.8) is 0 Å². The fraction of sp³-hybridized carbons (Fsp3) is 0.276. The molecule has 3 heterocycles. The summed E-state index contributed by atoms with van der Waals surface area (Å²) in [5.74, 6) is 0.682. The second kappa shape index (κ2) is 5.97. The molecule has 1 aliphatic rings. The number of para-hydroxylation sites is 1. The van der Waals surface area contributed by atoms with Crippen molar-refractivity contribution in [2.45, 2.75) is 45.4 Å². The van der Waals surface area contributed by atoms with Crippen LogP contribution in [0.2, 0.25) is 0 Å². The van der Waals surface area contributed by atoms with Crippen LogP contribution >= 0.6 is 0 Å². The van der Waals surface area contributed by atoms with Gasteiger partial charge < -0.3 is 4.40 Å². The molecule has 0 unspecified atom stereocenters. The molecule has 1 saturated carbocycles. The molecule has 152 valence electrons. The zero-order chi connectivity index (χ0) is 20.9. The average molecular weight is 404 g/mol. The molecule has 1 aliphatic carbocycles. The highest BCUT2D eigenvalue weighted by Gasteiger charge is 2.27. The number of hydrogen-bond donors (Lipinski definition) is 0. The number of pyridine rings is 2. The Morgan fingerprint density at radius 2 is 1.65 bits per heavy atom. The van der Waals surface area contributed by atoms with E-state index in [0.717, 1.165) is 0 Å². The van der Waals surface area contributed by atoms with E-state index >= 15 is 0 Å². The Morgan fingerprint density at radius 1 is 0.871 bits per heavy atom. The van der Waals surface area contributed by atoms with E-state index in [1.807, 2.05) is 0 Å². The molecule has 31 heavy (non-hydrogen) atoms. The first-order chi connectivity index (χ1) is 15.1. The zero-order valence-electron chi connectivity index (χ0n) is 18.5. The maximum absolute atomic E-state index is 2.61. The Morgan fingerprint density at radius 3 is 2.48 bits per heavy atom. The van der Waals surface area contributed by atoms with E-state index in [1.165, 1.54) is 85.8 Å². The van der Waals surface area contributed by atoms with Crippen molar-refractivity contribution in [2.75, 3.05) is 0 Å². The van der Waals surface area contributed by atoms with Gasteiger partial charge in [0.15, 0.2) is 6.20 Å². The monoisotopic (exact) mass is 403 g/mol. The zero-order valence-corrected chi connectivity index (χ0v) is 18.5. The van der Waals surface area contributed by atoms with Crippen LogP contribution in [0.5, 0.6) is 0 Å². The second-order valence-electron chi connectivity index (χ2n) is 9.67. The summed E-state index contributed by atoms with van der Waals surface area (Å²) >= 11 is 0. The van der Waals surface area contributed by atoms with Crippen molar-refractivity contribution in [3.05, 3.63) is 71.4 Å². The van der Waals surface area contributed by atoms with Crippen LogP contribution in [0.15, 0.2) is 54.7 Å². The van der Waals surface area contributed by atoms with Crippen LogP contribution in [0, 0.1) is 13.8 Å². The van der Waals surface area contributed by atoms with Crippen molar-refractivity contribution < 1.29 is 4.57 Å². The smallest absolute Gasteiger partial charge is 0.238 e. The fourth-order valence-corrected chi connectivity index (χ4v) is 6.48. The summed E-state index contributed by atoms with van der Waals surface area (Å²) in [5, 5.41) is 6.95. The van der Waals surface area contributed by atoms with Gasteiger partial charge >= 0.3 is 0 Å². The molecule has 0 atom stereocenters. The van der Waals surface area contributed by atoms with Crippen LogP contribution in [0.4, 0.5) is 0 Å². The lowest BCUT2D eigenvalue weighted by Gasteiger charge is -2.16. The lowest BCUT2D eigenvalue weighted by atomic mass is 9.94. The number of benzene rings is 3. The molecular weight excluding hydrogens is 376 g/mol. The molecule has 0 N–H and O–H groups in total. The van der Waals surface area contributed by atoms with E-state index in [-0.39, 0.29) is 0 Å². The average Bonchev–Trinajstić information content (AvgIpc) is 3.42. The van der Waals surface area contributed by atoms with Crippen molar-refractivity contribution in [1.82, 2.24) is 4.40 Å². The summed E-state index contributed by atoms with van der Waals surface area (Å²) in [6, 6.07) is 18.6. The lowest BCUT2D eigenvalue weighted by Crippen LogP contribution is -2.29. The first kappa shape index (κ1) is 17.5. The van der Waals surface area contributed by atoms with Gasteiger partial charge in [0.2, 0.25) is 5.52 Å². The van der Waals surface area contributed by atoms with Crippen LogP contribution < -0.4 is 4.57 Å². The minimum absolute atomic E-state index is 0.682. The molecule has 0 amide bonds. The summed E-state index contributed by atoms with van der Waals surface area (Å²) < 4.78 is 4.95. The Labute approximate surface area is 182 Å². The number of fused-ring (bicyclic) bond motifs is 5. The lowest BCUT2D eigenvalue weighted by molar-refractivity contribution is -0.644. The quantitative estimate of drug-likeness (QED) is 0.157. The maximum Gasteiger partial charge on any atom is 0.238 e. The van der Waals surface area contributed by atoms with Gasteiger partial charge in [-0.2, -0.15) is 4.57 Å². The van der Waals surface area contributed by atoms with E-state index in [0.29, 0.717) is 5.92 Å². The van der Waals surface area contributed by atoms with Crippen LogP contribution in [0.25, 0.3) is 49.0 Å². The first-order valence-electron chi connectivity index (χ1n) is 11.6. The van der Waals surface area contributed by atoms with Crippen molar-refractivity contribution in [1.29, 1.82) is 0 Å². The predicted octanol–water partition coefficient (Wildman–Crippen LogP) is 7.09. The van der Waals surface area contributed by atoms with Crippen molar-refractivity contribution in [3.8, 4) is 0 Å². The summed E-state index contributed by atoms with van der Waals surface area (Å²) in [4.78, 5) is 0. The van der Waals surface area contributed by atoms with Gasteiger partial charge in [-0.15, -0.1) is 0 Å². The van der Waals surface area contributed by atoms with E-state index in [2.05, 4.69) is 84.6 Å². The van der Waals surface area contributed by atoms with Gasteiger partial charge in [0.05, 0.1) is 16.4 Å². The Hall–Kier alpha value is -3.13. The van der Waals surface area contributed by atoms with Crippen LogP contribution in [0.1, 0.15) is 48.3 Å². The third-order valence-electron chi connectivity index (χ3n) is 8.04. The van der Waals surface area contributed by atoms with E-state index in [4.69, 9.17) is 0 Å². The number of aryl methyl sites for hydroxylation is 3. The van der Waals surface area contributed by atoms with Gasteiger partial charge in [0, 0.05) is 22.2 Å². The molecule has 2 nitrogen and oxygen atoms in total. The topological polar surface area (TPSA) is 8.29 Å². The number of nitrogens with zero attached hydrogens (tertiary/aromatic N) is 2. The van der Waals surface area contributed by atoms with Gasteiger partial charge in [0.25, 0.3) is 0 Å². The van der Waals surface area contributed by atoms with Gasteiger partial charge in [-0.1, -0.05) is 49.2 Å². The second-order valence-corrected chi connectivity index (χ2v) is 9.67. The van der Waals surface area contributed by atoms with Crippen LogP contribution in [0.3, 0.4) is 0 Å². The minimum Gasteiger partial charge on any atom is -0.303 e. The molecule has 6 aromatic rings. The third-order valence-corrected chi connectivity index (χ3v) is 8.04. The Kier molecular flexibility index (Phi) is 3.38. The highest BCUT2D eigenvalue weighted by Crippen LogP contribution is 2.44. The summed E-state index contributed by atoms with van der Waals surface area (Å²) in [5.41, 5.74) is 9.83. The summed E-state index contributed by atoms with van der Waals surface area (Å²) in [6.07, 6.45) is 7.61. The normalized spacial score (nSPS) is 15.6. The number of hydrogen-bond acceptors (Lipinski definition) is 0. The molecule has 0 radical (unpaired) electrons. The molecule has 7 rings (SSSR count). The molecule has 0 saturated heterocycles. The number of rotatable bonds is 1. The number of aromatic nitrogens is 2. The molecule has 3 aromatic carbocycles. The predicted molar refractivity (Wildman–Crippen MR) is 130 cm³/mol. The Balaban J connectivity index is 1.87. The minimum atomic E-state index is 0.682. The fourth-order valence-electron chi connectivity index (χ4n) is 6.48. The molecular formula is C29H27N2+. The molecule has 0 aliphatic heterocycles. The highest BCUT2D eigenvalue weighted by molar-refractivity contribution is 6.26. The van der Waals surface area contributed by atoms with Gasteiger partial charge in [-0.25, -0.2) is 0 Å². The largest absolute Gasteiger partial charge is 0.303 e. The van der Waals surface area contributed by atoms with Crippen molar-refractivity contribution in [2.24, 2.45) is 7.05 Å². The standard InChI is InChI=1S/C29H27N2/c1-17-16-20-10-6-13-24-26(20)25(18(17)2)29-28-23(14-15-30(29)3)22-12-7-11-21(27(22)31(24)28)19-8-4-5-9-19/h6-7,10-16,19H,4-5,8-9H2,1-3H3/q+1. The molecule has 2 heteroatoms. The first-order valence-corrected chi connectivity index (χ1v) is 11.6. The van der Waals surface area contributed by atoms with E-state index < -0.39 is 0 Å². The van der Waals surface area contributed by atoms with Crippen LogP contribution in [-0.2, 0) is 7.05 Å². The third kappa shape index (κ3) is 2.10. The van der Waals surface area contributed by atoms with Gasteiger partial charge in [0.1, 0.15) is 12.6 Å². The Bertz CT molecular complexity index is 1660. The SMILES string of the molecule is Cc1cc2cccc3c2c(c1C)c1c2c(cc[n+]1C)c1cccc(C4CCCC4)c1n32. The highest BCUT2D eigenvalue weighted by atomic mass is 15.0. The van der Waals surface area contributed by atoms with E-state index in [9.17, 15) is 0 Å². The van der Waals surface area contributed by atoms with Crippen molar-refractivity contribution >= 4 is 49.0 Å². The molecule has 0 spiro atoms. The molecule has 1 fully saturated rings. The molecule has 3 aromatic heterocycles. The van der Waals surface area contributed by atoms with Gasteiger partial charge in [-0.05, 0) is 60.7 Å². The van der Waals surface area contributed by atoms with E-state index in [1.54, 1.807) is 5.56 Å².